The molecule has 0 bridgehead atoms. The number of ether oxygens (including phenoxy) is 2. The van der Waals surface area contributed by atoms with Gasteiger partial charge in [-0.15, -0.1) is 11.8 Å². The van der Waals surface area contributed by atoms with E-state index in [0.717, 1.165) is 15.6 Å². The van der Waals surface area contributed by atoms with Gasteiger partial charge in [-0.2, -0.15) is 0 Å². The van der Waals surface area contributed by atoms with Gasteiger partial charge in [0.25, 0.3) is 0 Å². The Hall–Kier alpha value is -1.36. The molecule has 0 N–H and O–H groups in total. The van der Waals surface area contributed by atoms with Crippen LogP contribution in [0.5, 0.6) is 0 Å². The van der Waals surface area contributed by atoms with Crippen molar-refractivity contribution in [3.8, 4) is 0 Å². The Balaban J connectivity index is 0.000000283. The van der Waals surface area contributed by atoms with E-state index in [0.29, 0.717) is 10.0 Å². The molecule has 6 nitrogen and oxygen atoms in total. The Bertz CT molecular complexity index is 974. The first-order valence-corrected chi connectivity index (χ1v) is 12.2. The molecule has 2 aromatic rings. The van der Waals surface area contributed by atoms with Crippen molar-refractivity contribution in [2.45, 2.75) is 9.79 Å². The first-order chi connectivity index (χ1) is 13.0. The Labute approximate surface area is 185 Å². The number of methoxy groups -OCH3 is 2. The van der Waals surface area contributed by atoms with Crippen LogP contribution in [-0.4, -0.2) is 47.1 Å². The first-order valence-electron chi connectivity index (χ1n) is 7.55. The van der Waals surface area contributed by atoms with E-state index in [2.05, 4.69) is 41.3 Å². The molecule has 28 heavy (non-hydrogen) atoms. The Kier molecular flexibility index (Phi) is 9.68. The molecule has 0 amide bonds. The summed E-state index contributed by atoms with van der Waals surface area (Å²) >= 11 is 7.99. The normalized spacial score (nSPS) is 10.5. The third-order valence-electron chi connectivity index (χ3n) is 3.31. The zero-order valence-corrected chi connectivity index (χ0v) is 20.3. The molecule has 0 saturated carbocycles. The van der Waals surface area contributed by atoms with E-state index in [4.69, 9.17) is 0 Å². The van der Waals surface area contributed by atoms with Crippen LogP contribution in [0.4, 0.5) is 0 Å². The molecule has 0 aromatic heterocycles. The summed E-state index contributed by atoms with van der Waals surface area (Å²) in [6, 6.07) is 9.90. The van der Waals surface area contributed by atoms with Gasteiger partial charge in [0.1, 0.15) is 0 Å². The highest BCUT2D eigenvalue weighted by atomic mass is 79.9. The maximum Gasteiger partial charge on any atom is 0.339 e. The van der Waals surface area contributed by atoms with Crippen LogP contribution in [0.2, 0.25) is 0 Å². The molecule has 0 fully saturated rings. The highest BCUT2D eigenvalue weighted by Gasteiger charge is 2.19. The van der Waals surface area contributed by atoms with Crippen molar-refractivity contribution in [3.05, 3.63) is 56.5 Å². The number of carbonyl (C=O) groups excluding carboxylic acids is 2. The van der Waals surface area contributed by atoms with Gasteiger partial charge in [-0.25, -0.2) is 18.0 Å². The van der Waals surface area contributed by atoms with Crippen LogP contribution in [0.3, 0.4) is 0 Å². The van der Waals surface area contributed by atoms with Gasteiger partial charge in [-0.1, -0.05) is 31.9 Å². The number of sulfone groups is 1. The molecule has 0 saturated heterocycles. The molecule has 0 radical (unpaired) electrons. The second kappa shape index (κ2) is 11.0. The predicted octanol–water partition coefficient (Wildman–Crippen LogP) is 4.60. The van der Waals surface area contributed by atoms with Crippen molar-refractivity contribution in [2.75, 3.05) is 26.7 Å². The molecule has 0 aliphatic heterocycles. The van der Waals surface area contributed by atoms with Crippen molar-refractivity contribution < 1.29 is 27.5 Å². The number of thioether (sulfide) groups is 1. The van der Waals surface area contributed by atoms with Crippen LogP contribution in [0.1, 0.15) is 20.7 Å². The fraction of sp³-hybridized carbons (Fsp3) is 0.222. The van der Waals surface area contributed by atoms with Crippen LogP contribution in [0.15, 0.2) is 55.1 Å². The lowest BCUT2D eigenvalue weighted by Crippen LogP contribution is -2.09. The van der Waals surface area contributed by atoms with Crippen LogP contribution >= 0.6 is 43.6 Å². The Morgan fingerprint density at radius 3 is 1.82 bits per heavy atom. The molecule has 2 aromatic carbocycles. The van der Waals surface area contributed by atoms with Crippen LogP contribution in [0.25, 0.3) is 0 Å². The molecule has 0 heterocycles. The standard InChI is InChI=1S/C9H9BrO4S.C9H9BrO2S/c1-14-9(11)7-5-6(10)3-4-8(7)15(2,12)13;1-12-9(11)7-5-6(10)3-4-8(7)13-2/h3-5H,1-2H3;3-5H,1-2H3. The third kappa shape index (κ3) is 6.91. The fourth-order valence-corrected chi connectivity index (χ4v) is 4.19. The molecule has 0 unspecified atom stereocenters. The van der Waals surface area contributed by atoms with Crippen molar-refractivity contribution in [1.82, 2.24) is 0 Å². The lowest BCUT2D eigenvalue weighted by molar-refractivity contribution is 0.0587. The number of rotatable bonds is 4. The van der Waals surface area contributed by atoms with Gasteiger partial charge in [0.2, 0.25) is 0 Å². The second-order valence-electron chi connectivity index (χ2n) is 5.24. The monoisotopic (exact) mass is 552 g/mol. The SMILES string of the molecule is COC(=O)c1cc(Br)ccc1S(C)(=O)=O.COC(=O)c1cc(Br)ccc1SC. The predicted molar refractivity (Wildman–Crippen MR) is 116 cm³/mol. The van der Waals surface area contributed by atoms with E-state index < -0.39 is 15.8 Å². The molecule has 2 rings (SSSR count). The maximum absolute atomic E-state index is 11.4. The average molecular weight is 554 g/mol. The van der Waals surface area contributed by atoms with E-state index in [1.54, 1.807) is 12.1 Å². The van der Waals surface area contributed by atoms with Crippen LogP contribution in [0, 0.1) is 0 Å². The van der Waals surface area contributed by atoms with Gasteiger partial charge in [0.15, 0.2) is 9.84 Å². The van der Waals surface area contributed by atoms with E-state index in [9.17, 15) is 18.0 Å². The number of esters is 2. The molecular weight excluding hydrogens is 536 g/mol. The number of carbonyl (C=O) groups is 2. The number of hydrogen-bond donors (Lipinski definition) is 0. The zero-order chi connectivity index (χ0) is 21.5. The summed E-state index contributed by atoms with van der Waals surface area (Å²) < 4.78 is 33.4. The number of hydrogen-bond acceptors (Lipinski definition) is 7. The van der Waals surface area contributed by atoms with Gasteiger partial charge in [-0.3, -0.25) is 0 Å². The molecule has 10 heteroatoms. The number of halogens is 2. The van der Waals surface area contributed by atoms with Gasteiger partial charge in [-0.05, 0) is 42.7 Å². The summed E-state index contributed by atoms with van der Waals surface area (Å²) in [5.74, 6) is -0.970. The minimum atomic E-state index is -3.43. The summed E-state index contributed by atoms with van der Waals surface area (Å²) in [5.41, 5.74) is 0.638. The van der Waals surface area contributed by atoms with Gasteiger partial charge in [0.05, 0.1) is 30.2 Å². The topological polar surface area (TPSA) is 86.7 Å². The smallest absolute Gasteiger partial charge is 0.339 e. The van der Waals surface area contributed by atoms with Crippen molar-refractivity contribution in [1.29, 1.82) is 0 Å². The second-order valence-corrected chi connectivity index (χ2v) is 9.90. The number of benzene rings is 2. The summed E-state index contributed by atoms with van der Waals surface area (Å²) in [6.45, 7) is 0. The minimum absolute atomic E-state index is 0.0300. The van der Waals surface area contributed by atoms with E-state index in [-0.39, 0.29) is 16.4 Å². The highest BCUT2D eigenvalue weighted by Crippen LogP contribution is 2.24. The zero-order valence-electron chi connectivity index (χ0n) is 15.5. The molecule has 0 aliphatic carbocycles. The average Bonchev–Trinajstić information content (AvgIpc) is 2.66. The Morgan fingerprint density at radius 2 is 1.36 bits per heavy atom. The van der Waals surface area contributed by atoms with Gasteiger partial charge >= 0.3 is 11.9 Å². The van der Waals surface area contributed by atoms with Crippen molar-refractivity contribution in [2.24, 2.45) is 0 Å². The lowest BCUT2D eigenvalue weighted by Gasteiger charge is -2.06. The molecular formula is C18H18Br2O6S2. The van der Waals surface area contributed by atoms with Crippen molar-refractivity contribution in [3.63, 3.8) is 0 Å². The van der Waals surface area contributed by atoms with Crippen molar-refractivity contribution >= 4 is 65.4 Å². The summed E-state index contributed by atoms with van der Waals surface area (Å²) in [6.07, 6.45) is 2.97. The Morgan fingerprint density at radius 1 is 0.893 bits per heavy atom. The summed E-state index contributed by atoms with van der Waals surface area (Å²) in [4.78, 5) is 23.5. The molecule has 0 spiro atoms. The first kappa shape index (κ1) is 24.7. The van der Waals surface area contributed by atoms with E-state index >= 15 is 0 Å². The highest BCUT2D eigenvalue weighted by molar-refractivity contribution is 9.10. The lowest BCUT2D eigenvalue weighted by atomic mass is 10.2. The van der Waals surface area contributed by atoms with E-state index in [1.165, 1.54) is 38.1 Å². The minimum Gasteiger partial charge on any atom is -0.465 e. The molecule has 152 valence electrons. The van der Waals surface area contributed by atoms with Gasteiger partial charge in [0, 0.05) is 20.1 Å². The van der Waals surface area contributed by atoms with Gasteiger partial charge < -0.3 is 9.47 Å². The van der Waals surface area contributed by atoms with Crippen LogP contribution < -0.4 is 0 Å². The fourth-order valence-electron chi connectivity index (χ4n) is 2.04. The third-order valence-corrected chi connectivity index (χ3v) is 6.25. The molecule has 0 atom stereocenters. The van der Waals surface area contributed by atoms with E-state index in [1.807, 2.05) is 18.4 Å². The largest absolute Gasteiger partial charge is 0.465 e. The summed E-state index contributed by atoms with van der Waals surface area (Å²) in [7, 11) is -0.841. The quantitative estimate of drug-likeness (QED) is 0.404. The molecule has 0 aliphatic rings. The van der Waals surface area contributed by atoms with Crippen LogP contribution in [-0.2, 0) is 19.3 Å². The summed E-state index contributed by atoms with van der Waals surface area (Å²) in [5, 5.41) is 0. The maximum atomic E-state index is 11.4.